The van der Waals surface area contributed by atoms with Gasteiger partial charge in [-0.25, -0.2) is 0 Å². The van der Waals surface area contributed by atoms with Gasteiger partial charge in [-0.1, -0.05) is 11.6 Å². The van der Waals surface area contributed by atoms with E-state index in [1.165, 1.54) is 7.11 Å². The quantitative estimate of drug-likeness (QED) is 0.798. The minimum absolute atomic E-state index is 0.189. The SMILES string of the molecule is COC(=O)CC1CN(c2ccc(C#N)c(Cl)c2)CCO1. The van der Waals surface area contributed by atoms with E-state index in [2.05, 4.69) is 9.64 Å². The van der Waals surface area contributed by atoms with Crippen molar-refractivity contribution in [2.45, 2.75) is 12.5 Å². The monoisotopic (exact) mass is 294 g/mol. The molecule has 1 fully saturated rings. The molecule has 0 radical (unpaired) electrons. The molecule has 0 aromatic heterocycles. The molecule has 1 saturated heterocycles. The number of benzene rings is 1. The van der Waals surface area contributed by atoms with Crippen LogP contribution in [0.4, 0.5) is 5.69 Å². The zero-order chi connectivity index (χ0) is 14.5. The molecule has 0 N–H and O–H groups in total. The van der Waals surface area contributed by atoms with Crippen LogP contribution < -0.4 is 4.90 Å². The van der Waals surface area contributed by atoms with Gasteiger partial charge in [-0.05, 0) is 18.2 Å². The molecule has 0 spiro atoms. The standard InChI is InChI=1S/C14H15ClN2O3/c1-19-14(18)7-12-9-17(4-5-20-12)11-3-2-10(8-16)13(15)6-11/h2-3,6,12H,4-5,7,9H2,1H3. The van der Waals surface area contributed by atoms with Gasteiger partial charge in [0.05, 0.1) is 36.8 Å². The largest absolute Gasteiger partial charge is 0.469 e. The fourth-order valence-corrected chi connectivity index (χ4v) is 2.36. The molecule has 1 heterocycles. The predicted molar refractivity (Wildman–Crippen MR) is 74.8 cm³/mol. The highest BCUT2D eigenvalue weighted by Crippen LogP contribution is 2.25. The maximum absolute atomic E-state index is 11.3. The topological polar surface area (TPSA) is 62.6 Å². The van der Waals surface area contributed by atoms with Crippen molar-refractivity contribution in [1.82, 2.24) is 0 Å². The van der Waals surface area contributed by atoms with E-state index in [1.807, 2.05) is 12.1 Å². The van der Waals surface area contributed by atoms with Crippen LogP contribution in [0.3, 0.4) is 0 Å². The third-order valence-corrected chi connectivity index (χ3v) is 3.51. The van der Waals surface area contributed by atoms with Crippen molar-refractivity contribution in [3.8, 4) is 6.07 Å². The van der Waals surface area contributed by atoms with Crippen molar-refractivity contribution in [3.05, 3.63) is 28.8 Å². The minimum atomic E-state index is -0.283. The number of carbonyl (C=O) groups is 1. The first-order chi connectivity index (χ1) is 9.63. The van der Waals surface area contributed by atoms with Crippen molar-refractivity contribution in [1.29, 1.82) is 5.26 Å². The van der Waals surface area contributed by atoms with E-state index in [9.17, 15) is 4.79 Å². The van der Waals surface area contributed by atoms with Crippen LogP contribution in [-0.4, -0.2) is 38.9 Å². The van der Waals surface area contributed by atoms with Crippen LogP contribution in [0.25, 0.3) is 0 Å². The lowest BCUT2D eigenvalue weighted by atomic mass is 10.1. The summed E-state index contributed by atoms with van der Waals surface area (Å²) in [6.07, 6.45) is 0.0439. The first-order valence-electron chi connectivity index (χ1n) is 6.27. The molecule has 106 valence electrons. The number of ether oxygens (including phenoxy) is 2. The van der Waals surface area contributed by atoms with E-state index in [0.717, 1.165) is 12.2 Å². The molecule has 6 heteroatoms. The van der Waals surface area contributed by atoms with Crippen LogP contribution in [-0.2, 0) is 14.3 Å². The molecular weight excluding hydrogens is 280 g/mol. The molecule has 1 atom stereocenters. The number of carbonyl (C=O) groups excluding carboxylic acids is 1. The summed E-state index contributed by atoms with van der Waals surface area (Å²) in [5, 5.41) is 9.30. The number of anilines is 1. The number of hydrogen-bond acceptors (Lipinski definition) is 5. The Bertz CT molecular complexity index is 542. The number of rotatable bonds is 3. The third kappa shape index (κ3) is 3.41. The fraction of sp³-hybridized carbons (Fsp3) is 0.429. The smallest absolute Gasteiger partial charge is 0.308 e. The lowest BCUT2D eigenvalue weighted by Crippen LogP contribution is -2.43. The van der Waals surface area contributed by atoms with Crippen molar-refractivity contribution in [2.75, 3.05) is 31.7 Å². The van der Waals surface area contributed by atoms with Crippen LogP contribution >= 0.6 is 11.6 Å². The maximum Gasteiger partial charge on any atom is 0.308 e. The fourth-order valence-electron chi connectivity index (χ4n) is 2.14. The van der Waals surface area contributed by atoms with E-state index < -0.39 is 0 Å². The summed E-state index contributed by atoms with van der Waals surface area (Å²) < 4.78 is 10.2. The highest BCUT2D eigenvalue weighted by atomic mass is 35.5. The number of methoxy groups -OCH3 is 1. The second kappa shape index (κ2) is 6.60. The van der Waals surface area contributed by atoms with Crippen LogP contribution in [0.1, 0.15) is 12.0 Å². The Morgan fingerprint density at radius 3 is 3.10 bits per heavy atom. The number of esters is 1. The van der Waals surface area contributed by atoms with Gasteiger partial charge >= 0.3 is 5.97 Å². The molecule has 20 heavy (non-hydrogen) atoms. The molecule has 1 unspecified atom stereocenters. The number of halogens is 1. The Hall–Kier alpha value is -1.77. The maximum atomic E-state index is 11.3. The Kier molecular flexibility index (Phi) is 4.83. The van der Waals surface area contributed by atoms with Crippen LogP contribution in [0, 0.1) is 11.3 Å². The first-order valence-corrected chi connectivity index (χ1v) is 6.65. The normalized spacial score (nSPS) is 18.4. The Balaban J connectivity index is 2.07. The van der Waals surface area contributed by atoms with Crippen molar-refractivity contribution >= 4 is 23.3 Å². The van der Waals surface area contributed by atoms with E-state index in [0.29, 0.717) is 23.7 Å². The summed E-state index contributed by atoms with van der Waals surface area (Å²) in [6, 6.07) is 7.35. The molecule has 1 aromatic carbocycles. The van der Waals surface area contributed by atoms with Gasteiger partial charge in [-0.3, -0.25) is 4.79 Å². The summed E-state index contributed by atoms with van der Waals surface area (Å²) >= 11 is 6.04. The van der Waals surface area contributed by atoms with Crippen LogP contribution in [0.5, 0.6) is 0 Å². The summed E-state index contributed by atoms with van der Waals surface area (Å²) in [7, 11) is 1.36. The van der Waals surface area contributed by atoms with Gasteiger partial charge in [-0.2, -0.15) is 5.26 Å². The molecule has 2 rings (SSSR count). The van der Waals surface area contributed by atoms with E-state index in [4.69, 9.17) is 21.6 Å². The lowest BCUT2D eigenvalue weighted by Gasteiger charge is -2.34. The molecule has 0 bridgehead atoms. The minimum Gasteiger partial charge on any atom is -0.469 e. The van der Waals surface area contributed by atoms with Crippen molar-refractivity contribution in [3.63, 3.8) is 0 Å². The molecule has 0 aliphatic carbocycles. The van der Waals surface area contributed by atoms with Gasteiger partial charge in [0.15, 0.2) is 0 Å². The molecule has 1 aromatic rings. The van der Waals surface area contributed by atoms with Crippen molar-refractivity contribution in [2.24, 2.45) is 0 Å². The zero-order valence-corrected chi connectivity index (χ0v) is 11.9. The molecule has 0 amide bonds. The highest BCUT2D eigenvalue weighted by Gasteiger charge is 2.23. The molecule has 1 aliphatic rings. The van der Waals surface area contributed by atoms with Crippen LogP contribution in [0.2, 0.25) is 5.02 Å². The van der Waals surface area contributed by atoms with Gasteiger partial charge in [-0.15, -0.1) is 0 Å². The average molecular weight is 295 g/mol. The lowest BCUT2D eigenvalue weighted by molar-refractivity contribution is -0.144. The van der Waals surface area contributed by atoms with E-state index >= 15 is 0 Å². The Morgan fingerprint density at radius 2 is 2.45 bits per heavy atom. The Morgan fingerprint density at radius 1 is 1.65 bits per heavy atom. The third-order valence-electron chi connectivity index (χ3n) is 3.20. The zero-order valence-electron chi connectivity index (χ0n) is 11.1. The number of nitrogens with zero attached hydrogens (tertiary/aromatic N) is 2. The molecular formula is C14H15ClN2O3. The predicted octanol–water partition coefficient (Wildman–Crippen LogP) is 1.98. The summed E-state index contributed by atoms with van der Waals surface area (Å²) in [6.45, 7) is 1.86. The summed E-state index contributed by atoms with van der Waals surface area (Å²) in [5.41, 5.74) is 1.38. The van der Waals surface area contributed by atoms with E-state index in [-0.39, 0.29) is 18.5 Å². The van der Waals surface area contributed by atoms with Gasteiger partial charge < -0.3 is 14.4 Å². The number of hydrogen-bond donors (Lipinski definition) is 0. The van der Waals surface area contributed by atoms with Gasteiger partial charge in [0.1, 0.15) is 6.07 Å². The second-order valence-electron chi connectivity index (χ2n) is 4.50. The number of nitriles is 1. The Labute approximate surface area is 122 Å². The van der Waals surface area contributed by atoms with E-state index in [1.54, 1.807) is 12.1 Å². The summed E-state index contributed by atoms with van der Waals surface area (Å²) in [4.78, 5) is 13.4. The number of morpholine rings is 1. The molecule has 0 saturated carbocycles. The van der Waals surface area contributed by atoms with Gasteiger partial charge in [0, 0.05) is 18.8 Å². The molecule has 1 aliphatic heterocycles. The molecule has 5 nitrogen and oxygen atoms in total. The first kappa shape index (κ1) is 14.6. The second-order valence-corrected chi connectivity index (χ2v) is 4.90. The van der Waals surface area contributed by atoms with Crippen molar-refractivity contribution < 1.29 is 14.3 Å². The van der Waals surface area contributed by atoms with Gasteiger partial charge in [0.2, 0.25) is 0 Å². The van der Waals surface area contributed by atoms with Crippen LogP contribution in [0.15, 0.2) is 18.2 Å². The summed E-state index contributed by atoms with van der Waals surface area (Å²) in [5.74, 6) is -0.283. The highest BCUT2D eigenvalue weighted by molar-refractivity contribution is 6.32. The average Bonchev–Trinajstić information content (AvgIpc) is 2.47. The van der Waals surface area contributed by atoms with Gasteiger partial charge in [0.25, 0.3) is 0 Å².